The van der Waals surface area contributed by atoms with Crippen LogP contribution >= 0.6 is 0 Å². The molecule has 2 aromatic heterocycles. The van der Waals surface area contributed by atoms with Crippen LogP contribution in [-0.4, -0.2) is 16.1 Å². The number of hydrogen-bond acceptors (Lipinski definition) is 3. The van der Waals surface area contributed by atoms with E-state index in [-0.39, 0.29) is 6.17 Å². The summed E-state index contributed by atoms with van der Waals surface area (Å²) < 4.78 is 2.50. The van der Waals surface area contributed by atoms with Gasteiger partial charge < -0.3 is 9.72 Å². The van der Waals surface area contributed by atoms with Gasteiger partial charge in [-0.25, -0.2) is 9.98 Å². The molecule has 53 heavy (non-hydrogen) atoms. The van der Waals surface area contributed by atoms with E-state index in [1.54, 1.807) is 0 Å². The van der Waals surface area contributed by atoms with E-state index in [9.17, 15) is 0 Å². The van der Waals surface area contributed by atoms with E-state index in [2.05, 4.69) is 174 Å². The molecule has 1 aliphatic heterocycles. The maximum Gasteiger partial charge on any atom is 0.160 e. The molecule has 0 bridgehead atoms. The average Bonchev–Trinajstić information content (AvgIpc) is 3.76. The van der Waals surface area contributed by atoms with E-state index in [4.69, 9.17) is 9.98 Å². The average molecular weight is 675 g/mol. The Kier molecular flexibility index (Phi) is 5.80. The predicted molar refractivity (Wildman–Crippen MR) is 222 cm³/mol. The van der Waals surface area contributed by atoms with Gasteiger partial charge in [-0.2, -0.15) is 0 Å². The topological polar surface area (TPSA) is 41.2 Å². The van der Waals surface area contributed by atoms with E-state index in [0.717, 1.165) is 33.7 Å². The molecule has 0 radical (unpaired) electrons. The molecule has 0 fully saturated rings. The molecule has 0 amide bonds. The first-order chi connectivity index (χ1) is 26.3. The summed E-state index contributed by atoms with van der Waals surface area (Å²) in [7, 11) is 0. The number of amidine groups is 2. The van der Waals surface area contributed by atoms with Crippen LogP contribution < -0.4 is 5.32 Å². The molecule has 11 aromatic rings. The van der Waals surface area contributed by atoms with Gasteiger partial charge in [0.25, 0.3) is 0 Å². The summed E-state index contributed by atoms with van der Waals surface area (Å²) in [5.74, 6) is 1.53. The number of fused-ring (bicyclic) bond motifs is 9. The zero-order chi connectivity index (χ0) is 34.6. The molecule has 246 valence electrons. The van der Waals surface area contributed by atoms with Gasteiger partial charge in [0.15, 0.2) is 5.84 Å². The number of nitrogens with one attached hydrogen (secondary N) is 1. The lowest BCUT2D eigenvalue weighted by atomic mass is 9.89. The number of aliphatic imine (C=N–C) groups is 2. The van der Waals surface area contributed by atoms with Crippen molar-refractivity contribution >= 4 is 82.1 Å². The first-order valence-corrected chi connectivity index (χ1v) is 18.2. The molecule has 1 atom stereocenters. The molecule has 1 aliphatic rings. The lowest BCUT2D eigenvalue weighted by molar-refractivity contribution is 0.674. The summed E-state index contributed by atoms with van der Waals surface area (Å²) in [4.78, 5) is 10.7. The zero-order valence-electron chi connectivity index (χ0n) is 28.6. The minimum Gasteiger partial charge on any atom is -0.344 e. The van der Waals surface area contributed by atoms with Gasteiger partial charge in [-0.05, 0) is 55.8 Å². The molecule has 1 unspecified atom stereocenters. The molecular weight excluding hydrogens is 645 g/mol. The molecule has 1 N–H and O–H groups in total. The summed E-state index contributed by atoms with van der Waals surface area (Å²) in [6.07, 6.45) is -0.295. The van der Waals surface area contributed by atoms with E-state index in [0.29, 0.717) is 0 Å². The van der Waals surface area contributed by atoms with Gasteiger partial charge in [0.2, 0.25) is 0 Å². The van der Waals surface area contributed by atoms with Crippen molar-refractivity contribution in [3.05, 3.63) is 187 Å². The number of hydrogen-bond donors (Lipinski definition) is 1. The second-order valence-electron chi connectivity index (χ2n) is 14.1. The Balaban J connectivity index is 1.15. The van der Waals surface area contributed by atoms with Crippen molar-refractivity contribution in [2.45, 2.75) is 6.17 Å². The fraction of sp³-hybridized carbons (Fsp3) is 0.0204. The summed E-state index contributed by atoms with van der Waals surface area (Å²) in [6.45, 7) is 0. The van der Waals surface area contributed by atoms with Crippen molar-refractivity contribution in [1.82, 2.24) is 9.72 Å². The molecule has 0 aliphatic carbocycles. The van der Waals surface area contributed by atoms with Crippen LogP contribution in [0.15, 0.2) is 180 Å². The third-order valence-corrected chi connectivity index (χ3v) is 11.3. The molecule has 4 nitrogen and oxygen atoms in total. The highest BCUT2D eigenvalue weighted by Gasteiger charge is 2.27. The Hall–Kier alpha value is -7.04. The van der Waals surface area contributed by atoms with Gasteiger partial charge >= 0.3 is 0 Å². The van der Waals surface area contributed by atoms with Crippen LogP contribution in [0, 0.1) is 0 Å². The molecule has 0 spiro atoms. The fourth-order valence-electron chi connectivity index (χ4n) is 9.01. The predicted octanol–water partition coefficient (Wildman–Crippen LogP) is 11.9. The smallest absolute Gasteiger partial charge is 0.160 e. The number of nitrogens with zero attached hydrogens (tertiary/aromatic N) is 3. The zero-order valence-corrected chi connectivity index (χ0v) is 28.6. The summed E-state index contributed by atoms with van der Waals surface area (Å²) in [5.41, 5.74) is 9.25. The maximum absolute atomic E-state index is 5.35. The van der Waals surface area contributed by atoms with Crippen molar-refractivity contribution in [1.29, 1.82) is 0 Å². The number of benzene rings is 9. The van der Waals surface area contributed by atoms with Gasteiger partial charge in [0.05, 0.1) is 16.6 Å². The normalized spacial score (nSPS) is 15.0. The van der Waals surface area contributed by atoms with E-state index in [1.807, 2.05) is 6.07 Å². The van der Waals surface area contributed by atoms with E-state index in [1.165, 1.54) is 76.2 Å². The highest BCUT2D eigenvalue weighted by atomic mass is 15.2. The van der Waals surface area contributed by atoms with Crippen LogP contribution in [-0.2, 0) is 0 Å². The third kappa shape index (κ3) is 4.00. The molecule has 0 saturated heterocycles. The molecule has 9 aromatic carbocycles. The van der Waals surface area contributed by atoms with Crippen molar-refractivity contribution in [3.8, 4) is 11.1 Å². The summed E-state index contributed by atoms with van der Waals surface area (Å²) in [6, 6.07) is 61.1. The van der Waals surface area contributed by atoms with Crippen LogP contribution in [0.3, 0.4) is 0 Å². The summed E-state index contributed by atoms with van der Waals surface area (Å²) >= 11 is 0. The van der Waals surface area contributed by atoms with Gasteiger partial charge in [-0.3, -0.25) is 0 Å². The number of para-hydroxylation sites is 1. The quantitative estimate of drug-likeness (QED) is 0.186. The van der Waals surface area contributed by atoms with Gasteiger partial charge in [0, 0.05) is 38.1 Å². The van der Waals surface area contributed by atoms with Crippen molar-refractivity contribution in [2.24, 2.45) is 9.98 Å². The first kappa shape index (κ1) is 28.6. The molecule has 4 heteroatoms. The lowest BCUT2D eigenvalue weighted by Gasteiger charge is -2.24. The van der Waals surface area contributed by atoms with Crippen molar-refractivity contribution in [2.75, 3.05) is 0 Å². The Labute approximate surface area is 304 Å². The Bertz CT molecular complexity index is 3280. The standard InChI is InChI=1S/C49H30N4/c1-3-12-29(13-4-1)30-22-24-32(25-23-30)48-50-47(31-14-5-2-6-15-31)51-49(52-48)39-20-11-19-36-40(39)28-42-45-43(36)35-18-8-7-16-33(35)37-26-27-38-34-17-9-10-21-41(34)53(42)46(38)44(37)45/h1-28,47H,(H,50,51,52). The monoisotopic (exact) mass is 674 g/mol. The minimum atomic E-state index is -0.295. The lowest BCUT2D eigenvalue weighted by Crippen LogP contribution is -2.33. The van der Waals surface area contributed by atoms with Crippen molar-refractivity contribution in [3.63, 3.8) is 0 Å². The van der Waals surface area contributed by atoms with E-state index >= 15 is 0 Å². The second-order valence-corrected chi connectivity index (χ2v) is 14.1. The van der Waals surface area contributed by atoms with Crippen LogP contribution in [0.4, 0.5) is 0 Å². The van der Waals surface area contributed by atoms with Gasteiger partial charge in [-0.15, -0.1) is 0 Å². The second kappa shape index (κ2) is 10.7. The molecular formula is C49H30N4. The Morgan fingerprint density at radius 1 is 0.434 bits per heavy atom. The fourth-order valence-corrected chi connectivity index (χ4v) is 9.01. The Morgan fingerprint density at radius 3 is 1.89 bits per heavy atom. The molecule has 3 heterocycles. The largest absolute Gasteiger partial charge is 0.344 e. The highest BCUT2D eigenvalue weighted by molar-refractivity contribution is 6.43. The van der Waals surface area contributed by atoms with E-state index < -0.39 is 0 Å². The Morgan fingerprint density at radius 2 is 1.06 bits per heavy atom. The van der Waals surface area contributed by atoms with Crippen LogP contribution in [0.5, 0.6) is 0 Å². The maximum atomic E-state index is 5.35. The van der Waals surface area contributed by atoms with Gasteiger partial charge in [-0.1, -0.05) is 158 Å². The van der Waals surface area contributed by atoms with Crippen LogP contribution in [0.2, 0.25) is 0 Å². The third-order valence-electron chi connectivity index (χ3n) is 11.3. The van der Waals surface area contributed by atoms with Gasteiger partial charge in [0.1, 0.15) is 12.0 Å². The summed E-state index contributed by atoms with van der Waals surface area (Å²) in [5, 5.41) is 16.4. The van der Waals surface area contributed by atoms with Crippen LogP contribution in [0.1, 0.15) is 22.9 Å². The molecule has 0 saturated carbocycles. The molecule has 12 rings (SSSR count). The minimum absolute atomic E-state index is 0.295. The SMILES string of the molecule is c1ccc(-c2ccc(C3=NC(c4cccc5c4cc4c6c5c5ccccc5c5ccc7c8ccccc8n4c7c56)=NC(c4ccccc4)N3)cc2)cc1. The first-order valence-electron chi connectivity index (χ1n) is 18.2. The van der Waals surface area contributed by atoms with Crippen LogP contribution in [0.25, 0.3) is 81.5 Å². The number of aromatic nitrogens is 1. The highest BCUT2D eigenvalue weighted by Crippen LogP contribution is 2.49. The number of rotatable bonds is 4. The van der Waals surface area contributed by atoms with Crippen molar-refractivity contribution < 1.29 is 0 Å².